The second-order valence-electron chi connectivity index (χ2n) is 8.54. The summed E-state index contributed by atoms with van der Waals surface area (Å²) in [6, 6.07) is 5.79. The highest BCUT2D eigenvalue weighted by Crippen LogP contribution is 2.34. The molecule has 0 bridgehead atoms. The molecule has 5 rings (SSSR count). The smallest absolute Gasteiger partial charge is 0.209 e. The molecule has 2 aliphatic rings. The summed E-state index contributed by atoms with van der Waals surface area (Å²) >= 11 is 1.33. The minimum Gasteiger partial charge on any atom is -0.345 e. The summed E-state index contributed by atoms with van der Waals surface area (Å²) in [5.74, 6) is 0.629. The summed E-state index contributed by atoms with van der Waals surface area (Å²) in [6.45, 7) is 2.33. The fraction of sp³-hybridized carbons (Fsp3) is 0.391. The number of imidazole rings is 1. The van der Waals surface area contributed by atoms with Crippen LogP contribution in [0, 0.1) is 22.7 Å². The molecule has 0 atom stereocenters. The maximum absolute atomic E-state index is 12.0. The highest BCUT2D eigenvalue weighted by molar-refractivity contribution is 7.99. The Kier molecular flexibility index (Phi) is 5.72. The Morgan fingerprint density at radius 2 is 2.12 bits per heavy atom. The lowest BCUT2D eigenvalue weighted by Gasteiger charge is -2.29. The Balaban J connectivity index is 1.38. The number of nitriles is 1. The lowest BCUT2D eigenvalue weighted by Crippen LogP contribution is -2.32. The molecule has 3 aromatic rings. The molecule has 33 heavy (non-hydrogen) atoms. The third-order valence-corrected chi connectivity index (χ3v) is 7.47. The lowest BCUT2D eigenvalue weighted by molar-refractivity contribution is -0.119. The third-order valence-electron chi connectivity index (χ3n) is 6.53. The molecule has 0 unspecified atom stereocenters. The van der Waals surface area contributed by atoms with Gasteiger partial charge in [0.15, 0.2) is 22.1 Å². The van der Waals surface area contributed by atoms with Crippen LogP contribution in [-0.4, -0.2) is 49.7 Å². The molecule has 0 saturated carbocycles. The predicted molar refractivity (Wildman–Crippen MR) is 121 cm³/mol. The summed E-state index contributed by atoms with van der Waals surface area (Å²) in [5, 5.41) is 18.4. The maximum atomic E-state index is 12.0. The van der Waals surface area contributed by atoms with Crippen LogP contribution in [-0.2, 0) is 17.8 Å². The average molecular weight is 462 g/mol. The number of carbonyl (C=O) groups excluding carboxylic acids is 2. The Hall–Kier alpha value is -3.45. The van der Waals surface area contributed by atoms with Gasteiger partial charge in [0.2, 0.25) is 6.41 Å². The van der Waals surface area contributed by atoms with Crippen molar-refractivity contribution in [1.82, 2.24) is 24.4 Å². The summed E-state index contributed by atoms with van der Waals surface area (Å²) in [6.07, 6.45) is 6.70. The van der Waals surface area contributed by atoms with Crippen LogP contribution in [0.4, 0.5) is 0 Å². The van der Waals surface area contributed by atoms with Crippen molar-refractivity contribution in [3.05, 3.63) is 40.6 Å². The normalized spacial score (nSPS) is 16.2. The van der Waals surface area contributed by atoms with E-state index in [1.54, 1.807) is 12.4 Å². The number of aryl methyl sites for hydroxylation is 2. The molecule has 0 spiro atoms. The van der Waals surface area contributed by atoms with E-state index in [9.17, 15) is 14.9 Å². The number of piperidine rings is 1. The Labute approximate surface area is 194 Å². The summed E-state index contributed by atoms with van der Waals surface area (Å²) < 4.78 is 1.96. The number of benzene rings is 1. The fourth-order valence-electron chi connectivity index (χ4n) is 4.59. The molecule has 2 N–H and O–H groups in total. The van der Waals surface area contributed by atoms with Gasteiger partial charge in [0.05, 0.1) is 11.9 Å². The van der Waals surface area contributed by atoms with E-state index in [1.807, 2.05) is 15.5 Å². The number of nitrogens with zero attached hydrogens (tertiary/aromatic N) is 5. The van der Waals surface area contributed by atoms with E-state index in [2.05, 4.69) is 16.0 Å². The number of H-pyrrole nitrogens is 1. The molecule has 1 saturated heterocycles. The molecule has 1 amide bonds. The number of hydrogen-bond acceptors (Lipinski definition) is 7. The average Bonchev–Trinajstić information content (AvgIpc) is 3.42. The number of Topliss-reactive ketones (excluding diaryl/α,β-unsaturated/α-hetero) is 1. The zero-order chi connectivity index (χ0) is 22.9. The second-order valence-corrected chi connectivity index (χ2v) is 9.57. The zero-order valence-electron chi connectivity index (χ0n) is 18.0. The van der Waals surface area contributed by atoms with Gasteiger partial charge in [-0.1, -0.05) is 11.8 Å². The number of ketones is 1. The molecular weight excluding hydrogens is 438 g/mol. The quantitative estimate of drug-likeness (QED) is 0.543. The third kappa shape index (κ3) is 4.16. The van der Waals surface area contributed by atoms with Crippen molar-refractivity contribution in [3.63, 3.8) is 0 Å². The Morgan fingerprint density at radius 3 is 2.88 bits per heavy atom. The summed E-state index contributed by atoms with van der Waals surface area (Å²) in [5.41, 5.74) is 3.42. The van der Waals surface area contributed by atoms with Gasteiger partial charge in [-0.15, -0.1) is 0 Å². The first-order valence-corrected chi connectivity index (χ1v) is 11.8. The number of nitrogens with one attached hydrogen (secondary N) is 2. The lowest BCUT2D eigenvalue weighted by atomic mass is 9.94. The van der Waals surface area contributed by atoms with Crippen molar-refractivity contribution in [2.75, 3.05) is 13.1 Å². The highest BCUT2D eigenvalue weighted by atomic mass is 32.2. The first-order valence-electron chi connectivity index (χ1n) is 11.0. The van der Waals surface area contributed by atoms with Gasteiger partial charge in [-0.25, -0.2) is 9.97 Å². The van der Waals surface area contributed by atoms with Crippen molar-refractivity contribution in [2.45, 2.75) is 48.7 Å². The van der Waals surface area contributed by atoms with Crippen LogP contribution in [0.5, 0.6) is 0 Å². The van der Waals surface area contributed by atoms with Crippen molar-refractivity contribution in [2.24, 2.45) is 5.92 Å². The van der Waals surface area contributed by atoms with Crippen molar-refractivity contribution in [1.29, 1.82) is 10.7 Å². The summed E-state index contributed by atoms with van der Waals surface area (Å²) in [7, 11) is 0. The van der Waals surface area contributed by atoms with Crippen LogP contribution < -0.4 is 5.49 Å². The van der Waals surface area contributed by atoms with Crippen LogP contribution in [0.2, 0.25) is 0 Å². The van der Waals surface area contributed by atoms with Crippen LogP contribution in [0.1, 0.15) is 47.2 Å². The number of carbonyl (C=O) groups is 2. The second kappa shape index (κ2) is 8.83. The van der Waals surface area contributed by atoms with Gasteiger partial charge in [0.25, 0.3) is 0 Å². The molecule has 0 radical (unpaired) electrons. The van der Waals surface area contributed by atoms with Gasteiger partial charge in [-0.3, -0.25) is 15.0 Å². The van der Waals surface area contributed by atoms with Gasteiger partial charge in [0.1, 0.15) is 11.6 Å². The minimum atomic E-state index is 0.0876. The van der Waals surface area contributed by atoms with Gasteiger partial charge >= 0.3 is 0 Å². The topological polar surface area (TPSA) is 132 Å². The van der Waals surface area contributed by atoms with Crippen LogP contribution >= 0.6 is 11.8 Å². The van der Waals surface area contributed by atoms with E-state index in [4.69, 9.17) is 10.4 Å². The molecule has 1 aliphatic heterocycles. The molecule has 1 aliphatic carbocycles. The SMILES string of the molecule is N#Cc1cc2c(cc1Sc1nc3c([nH]1)c(=N)ncn3CCC1CCN(C=O)CC1)CCC2=O. The Bertz CT molecular complexity index is 1350. The number of hydrogen-bond donors (Lipinski definition) is 2. The monoisotopic (exact) mass is 461 g/mol. The number of aromatic nitrogens is 4. The van der Waals surface area contributed by atoms with E-state index >= 15 is 0 Å². The molecule has 1 fully saturated rings. The molecule has 9 nitrogen and oxygen atoms in total. The van der Waals surface area contributed by atoms with Gasteiger partial charge in [-0.2, -0.15) is 5.26 Å². The molecular formula is C23H23N7O2S. The molecule has 10 heteroatoms. The van der Waals surface area contributed by atoms with Crippen LogP contribution in [0.3, 0.4) is 0 Å². The van der Waals surface area contributed by atoms with Crippen molar-refractivity contribution in [3.8, 4) is 6.07 Å². The van der Waals surface area contributed by atoms with E-state index in [1.165, 1.54) is 11.8 Å². The van der Waals surface area contributed by atoms with E-state index in [0.717, 1.165) is 55.8 Å². The Morgan fingerprint density at radius 1 is 1.30 bits per heavy atom. The predicted octanol–water partition coefficient (Wildman–Crippen LogP) is 2.65. The number of rotatable bonds is 6. The van der Waals surface area contributed by atoms with Crippen molar-refractivity contribution >= 4 is 35.1 Å². The molecule has 2 aromatic heterocycles. The number of amides is 1. The first-order chi connectivity index (χ1) is 16.1. The molecule has 168 valence electrons. The highest BCUT2D eigenvalue weighted by Gasteiger charge is 2.23. The van der Waals surface area contributed by atoms with E-state index < -0.39 is 0 Å². The summed E-state index contributed by atoms with van der Waals surface area (Å²) in [4.78, 5) is 37.6. The van der Waals surface area contributed by atoms with Crippen LogP contribution in [0.15, 0.2) is 28.5 Å². The van der Waals surface area contributed by atoms with E-state index in [-0.39, 0.29) is 11.3 Å². The largest absolute Gasteiger partial charge is 0.345 e. The number of likely N-dealkylation sites (tertiary alicyclic amines) is 1. The van der Waals surface area contributed by atoms with Gasteiger partial charge < -0.3 is 14.5 Å². The maximum Gasteiger partial charge on any atom is 0.209 e. The van der Waals surface area contributed by atoms with Crippen LogP contribution in [0.25, 0.3) is 11.2 Å². The molecule has 1 aromatic carbocycles. The number of aromatic amines is 1. The van der Waals surface area contributed by atoms with Gasteiger partial charge in [0, 0.05) is 36.5 Å². The first kappa shape index (κ1) is 21.4. The molecule has 3 heterocycles. The van der Waals surface area contributed by atoms with Gasteiger partial charge in [-0.05, 0) is 49.3 Å². The van der Waals surface area contributed by atoms with Crippen molar-refractivity contribution < 1.29 is 9.59 Å². The number of fused-ring (bicyclic) bond motifs is 2. The van der Waals surface area contributed by atoms with E-state index in [0.29, 0.717) is 46.2 Å². The zero-order valence-corrected chi connectivity index (χ0v) is 18.8. The minimum absolute atomic E-state index is 0.0876. The fourth-order valence-corrected chi connectivity index (χ4v) is 5.50. The standard InChI is InChI=1S/C23H23N7O2S/c24-11-16-9-17-15(1-2-18(17)32)10-19(16)33-23-27-20-21(25)26-12-30(22(20)28-23)8-5-14-3-6-29(13-31)7-4-14/h9-10,12-14,25H,1-8H2,(H,27,28).